The summed E-state index contributed by atoms with van der Waals surface area (Å²) >= 11 is 3.67. The van der Waals surface area contributed by atoms with E-state index in [0.717, 1.165) is 19.5 Å². The molecule has 1 nitrogen and oxygen atoms in total. The highest BCUT2D eigenvalue weighted by molar-refractivity contribution is 7.98. The standard InChI is InChI=1S/C9H15NS2/c1-11-7-5-10-4-2-9-3-6-12-8-9/h3,6,8,10H,2,4-5,7H2,1H3. The minimum absolute atomic E-state index is 1.11. The van der Waals surface area contributed by atoms with Gasteiger partial charge in [0.15, 0.2) is 0 Å². The number of thiophene rings is 1. The van der Waals surface area contributed by atoms with E-state index in [-0.39, 0.29) is 0 Å². The minimum atomic E-state index is 1.11. The van der Waals surface area contributed by atoms with Crippen LogP contribution >= 0.6 is 23.1 Å². The van der Waals surface area contributed by atoms with Crippen molar-refractivity contribution in [2.45, 2.75) is 6.42 Å². The van der Waals surface area contributed by atoms with Crippen LogP contribution in [0.5, 0.6) is 0 Å². The first-order chi connectivity index (χ1) is 5.93. The number of hydrogen-bond donors (Lipinski definition) is 1. The zero-order valence-electron chi connectivity index (χ0n) is 7.38. The van der Waals surface area contributed by atoms with E-state index in [4.69, 9.17) is 0 Å². The summed E-state index contributed by atoms with van der Waals surface area (Å²) in [5.41, 5.74) is 1.46. The van der Waals surface area contributed by atoms with Gasteiger partial charge in [0.25, 0.3) is 0 Å². The van der Waals surface area contributed by atoms with Crippen LogP contribution in [0.3, 0.4) is 0 Å². The molecule has 0 saturated carbocycles. The average Bonchev–Trinajstić information content (AvgIpc) is 2.57. The Morgan fingerprint density at radius 3 is 3.08 bits per heavy atom. The van der Waals surface area contributed by atoms with Gasteiger partial charge in [-0.25, -0.2) is 0 Å². The van der Waals surface area contributed by atoms with Gasteiger partial charge in [-0.1, -0.05) is 0 Å². The Morgan fingerprint density at radius 2 is 2.42 bits per heavy atom. The lowest BCUT2D eigenvalue weighted by Gasteiger charge is -2.01. The Bertz CT molecular complexity index is 184. The maximum Gasteiger partial charge on any atom is 0.00553 e. The van der Waals surface area contributed by atoms with Gasteiger partial charge in [0.1, 0.15) is 0 Å². The van der Waals surface area contributed by atoms with Crippen LogP contribution in [0.4, 0.5) is 0 Å². The zero-order chi connectivity index (χ0) is 8.65. The summed E-state index contributed by atoms with van der Waals surface area (Å²) in [6, 6.07) is 2.20. The Labute approximate surface area is 82.6 Å². The van der Waals surface area contributed by atoms with Crippen LogP contribution in [0, 0.1) is 0 Å². The van der Waals surface area contributed by atoms with E-state index in [2.05, 4.69) is 28.4 Å². The van der Waals surface area contributed by atoms with E-state index in [1.165, 1.54) is 11.3 Å². The van der Waals surface area contributed by atoms with Crippen molar-refractivity contribution in [3.05, 3.63) is 22.4 Å². The minimum Gasteiger partial charge on any atom is -0.316 e. The first-order valence-electron chi connectivity index (χ1n) is 4.14. The highest BCUT2D eigenvalue weighted by Crippen LogP contribution is 2.05. The molecule has 68 valence electrons. The van der Waals surface area contributed by atoms with Crippen molar-refractivity contribution in [1.82, 2.24) is 5.32 Å². The van der Waals surface area contributed by atoms with Crippen molar-refractivity contribution >= 4 is 23.1 Å². The Morgan fingerprint density at radius 1 is 1.50 bits per heavy atom. The molecule has 3 heteroatoms. The van der Waals surface area contributed by atoms with E-state index in [0.29, 0.717) is 0 Å². The number of hydrogen-bond acceptors (Lipinski definition) is 3. The van der Waals surface area contributed by atoms with Gasteiger partial charge in [0.2, 0.25) is 0 Å². The molecule has 12 heavy (non-hydrogen) atoms. The van der Waals surface area contributed by atoms with Crippen LogP contribution < -0.4 is 5.32 Å². The number of nitrogens with one attached hydrogen (secondary N) is 1. The second-order valence-electron chi connectivity index (χ2n) is 2.62. The summed E-state index contributed by atoms with van der Waals surface area (Å²) < 4.78 is 0. The molecule has 1 N–H and O–H groups in total. The molecule has 1 aromatic rings. The Balaban J connectivity index is 1.96. The zero-order valence-corrected chi connectivity index (χ0v) is 9.01. The largest absolute Gasteiger partial charge is 0.316 e. The van der Waals surface area contributed by atoms with Crippen molar-refractivity contribution in [3.63, 3.8) is 0 Å². The highest BCUT2D eigenvalue weighted by Gasteiger charge is 1.91. The molecule has 0 saturated heterocycles. The van der Waals surface area contributed by atoms with Gasteiger partial charge in [-0.05, 0) is 41.6 Å². The molecule has 1 rings (SSSR count). The van der Waals surface area contributed by atoms with Gasteiger partial charge >= 0.3 is 0 Å². The van der Waals surface area contributed by atoms with Crippen molar-refractivity contribution in [3.8, 4) is 0 Å². The second-order valence-corrected chi connectivity index (χ2v) is 4.39. The van der Waals surface area contributed by atoms with E-state index in [1.807, 2.05) is 11.8 Å². The van der Waals surface area contributed by atoms with Gasteiger partial charge < -0.3 is 5.32 Å². The summed E-state index contributed by atoms with van der Waals surface area (Å²) in [6.45, 7) is 2.24. The third-order valence-electron chi connectivity index (χ3n) is 1.65. The van der Waals surface area contributed by atoms with Crippen molar-refractivity contribution in [2.24, 2.45) is 0 Å². The molecule has 0 spiro atoms. The molecule has 1 aromatic heterocycles. The van der Waals surface area contributed by atoms with Gasteiger partial charge in [0.05, 0.1) is 0 Å². The average molecular weight is 201 g/mol. The highest BCUT2D eigenvalue weighted by atomic mass is 32.2. The van der Waals surface area contributed by atoms with Gasteiger partial charge in [-0.2, -0.15) is 23.1 Å². The lowest BCUT2D eigenvalue weighted by molar-refractivity contribution is 0.722. The predicted molar refractivity (Wildman–Crippen MR) is 59.3 cm³/mol. The van der Waals surface area contributed by atoms with Crippen LogP contribution in [0.2, 0.25) is 0 Å². The second kappa shape index (κ2) is 6.52. The van der Waals surface area contributed by atoms with Crippen LogP contribution in [-0.2, 0) is 6.42 Å². The van der Waals surface area contributed by atoms with Crippen LogP contribution in [-0.4, -0.2) is 25.1 Å². The summed E-state index contributed by atoms with van der Waals surface area (Å²) in [5, 5.41) is 7.76. The fourth-order valence-electron chi connectivity index (χ4n) is 0.967. The maximum atomic E-state index is 3.41. The summed E-state index contributed by atoms with van der Waals surface area (Å²) in [4.78, 5) is 0. The summed E-state index contributed by atoms with van der Waals surface area (Å²) in [5.74, 6) is 1.21. The van der Waals surface area contributed by atoms with E-state index >= 15 is 0 Å². The van der Waals surface area contributed by atoms with Crippen molar-refractivity contribution in [1.29, 1.82) is 0 Å². The summed E-state index contributed by atoms with van der Waals surface area (Å²) in [6.07, 6.45) is 3.30. The molecule has 0 bridgehead atoms. The fraction of sp³-hybridized carbons (Fsp3) is 0.556. The normalized spacial score (nSPS) is 10.4. The van der Waals surface area contributed by atoms with Gasteiger partial charge in [-0.15, -0.1) is 0 Å². The lowest BCUT2D eigenvalue weighted by Crippen LogP contribution is -2.19. The van der Waals surface area contributed by atoms with Crippen LogP contribution in [0.15, 0.2) is 16.8 Å². The maximum absolute atomic E-state index is 3.41. The van der Waals surface area contributed by atoms with Crippen LogP contribution in [0.1, 0.15) is 5.56 Å². The molecule has 0 unspecified atom stereocenters. The van der Waals surface area contributed by atoms with Crippen molar-refractivity contribution in [2.75, 3.05) is 25.1 Å². The fourth-order valence-corrected chi connectivity index (χ4v) is 2.02. The smallest absolute Gasteiger partial charge is 0.00553 e. The molecule has 0 fully saturated rings. The molecule has 1 heterocycles. The third-order valence-corrected chi connectivity index (χ3v) is 3.00. The molecule has 0 aliphatic rings. The molecule has 0 aliphatic carbocycles. The van der Waals surface area contributed by atoms with Crippen LogP contribution in [0.25, 0.3) is 0 Å². The molecule has 0 radical (unpaired) electrons. The first-order valence-corrected chi connectivity index (χ1v) is 6.48. The van der Waals surface area contributed by atoms with E-state index in [1.54, 1.807) is 11.3 Å². The van der Waals surface area contributed by atoms with E-state index < -0.39 is 0 Å². The van der Waals surface area contributed by atoms with Crippen molar-refractivity contribution < 1.29 is 0 Å². The first kappa shape index (κ1) is 10.1. The monoisotopic (exact) mass is 201 g/mol. The molecule has 0 aliphatic heterocycles. The molecule has 0 aromatic carbocycles. The Hall–Kier alpha value is 0.01000. The van der Waals surface area contributed by atoms with E-state index in [9.17, 15) is 0 Å². The molecular formula is C9H15NS2. The van der Waals surface area contributed by atoms with Gasteiger partial charge in [0, 0.05) is 12.3 Å². The topological polar surface area (TPSA) is 12.0 Å². The SMILES string of the molecule is CSCCNCCc1ccsc1. The number of rotatable bonds is 6. The Kier molecular flexibility index (Phi) is 5.48. The molecular weight excluding hydrogens is 186 g/mol. The molecule has 0 amide bonds. The quantitative estimate of drug-likeness (QED) is 0.708. The predicted octanol–water partition coefficient (Wildman–Crippen LogP) is 2.24. The molecule has 0 atom stereocenters. The summed E-state index contributed by atoms with van der Waals surface area (Å²) in [7, 11) is 0. The number of thioether (sulfide) groups is 1. The van der Waals surface area contributed by atoms with Gasteiger partial charge in [-0.3, -0.25) is 0 Å². The lowest BCUT2D eigenvalue weighted by atomic mass is 10.2. The third kappa shape index (κ3) is 4.14.